The van der Waals surface area contributed by atoms with E-state index >= 15 is 0 Å². The van der Waals surface area contributed by atoms with Crippen molar-refractivity contribution in [2.24, 2.45) is 0 Å². The minimum absolute atomic E-state index is 0.402. The summed E-state index contributed by atoms with van der Waals surface area (Å²) in [5.74, 6) is 0. The first-order chi connectivity index (χ1) is 7.88. The zero-order valence-corrected chi connectivity index (χ0v) is 9.90. The van der Waals surface area contributed by atoms with Crippen molar-refractivity contribution in [2.75, 3.05) is 0 Å². The highest BCUT2D eigenvalue weighted by molar-refractivity contribution is 5.86. The normalized spacial score (nSPS) is 11.8. The third-order valence-electron chi connectivity index (χ3n) is 2.10. The van der Waals surface area contributed by atoms with Crippen LogP contribution >= 0.6 is 0 Å². The lowest BCUT2D eigenvalue weighted by atomic mass is 10.2. The number of aromatic nitrogens is 2. The Hall–Kier alpha value is -1.91. The maximum Gasteiger partial charge on any atom is 0.422 e. The molecule has 0 aliphatic heterocycles. The molecule has 0 atom stereocenters. The number of imidazole rings is 1. The molecule has 90 valence electrons. The van der Waals surface area contributed by atoms with E-state index in [1.807, 2.05) is 0 Å². The van der Waals surface area contributed by atoms with Crippen LogP contribution in [0.2, 0.25) is 0 Å². The molecule has 0 amide bonds. The summed E-state index contributed by atoms with van der Waals surface area (Å²) >= 11 is 0. The number of nitrogens with zero attached hydrogens (tertiary/aromatic N) is 2. The second-order valence-electron chi connectivity index (χ2n) is 4.69. The number of carbonyl (C=O) groups excluding carboxylic acids is 1. The summed E-state index contributed by atoms with van der Waals surface area (Å²) in [4.78, 5) is 15.5. The third kappa shape index (κ3) is 2.27. The van der Waals surface area contributed by atoms with Crippen LogP contribution in [0.4, 0.5) is 9.18 Å². The fraction of sp³-hybridized carbons (Fsp3) is 0.333. The zero-order valence-electron chi connectivity index (χ0n) is 9.90. The molecule has 2 aromatic rings. The average Bonchev–Trinajstić information content (AvgIpc) is 2.50. The molecule has 0 aliphatic carbocycles. The molecule has 5 heteroatoms. The van der Waals surface area contributed by atoms with E-state index in [2.05, 4.69) is 4.98 Å². The highest BCUT2D eigenvalue weighted by Gasteiger charge is 2.22. The van der Waals surface area contributed by atoms with Crippen LogP contribution in [0.15, 0.2) is 24.3 Å². The van der Waals surface area contributed by atoms with E-state index in [9.17, 15) is 9.18 Å². The fourth-order valence-corrected chi connectivity index (χ4v) is 1.48. The maximum atomic E-state index is 13.6. The van der Waals surface area contributed by atoms with Crippen molar-refractivity contribution < 1.29 is 13.9 Å². The van der Waals surface area contributed by atoms with E-state index in [1.54, 1.807) is 45.0 Å². The molecule has 4 nitrogen and oxygen atoms in total. The van der Waals surface area contributed by atoms with Crippen LogP contribution < -0.4 is 0 Å². The monoisotopic (exact) mass is 236 g/mol. The topological polar surface area (TPSA) is 44.1 Å². The second-order valence-corrected chi connectivity index (χ2v) is 4.69. The van der Waals surface area contributed by atoms with Crippen molar-refractivity contribution >= 4 is 17.1 Å². The highest BCUT2D eigenvalue weighted by atomic mass is 19.1. The number of carbonyl (C=O) groups is 1. The van der Waals surface area contributed by atoms with Crippen LogP contribution in [0.3, 0.4) is 0 Å². The summed E-state index contributed by atoms with van der Waals surface area (Å²) in [6, 6.07) is 6.70. The van der Waals surface area contributed by atoms with Crippen LogP contribution in [0.25, 0.3) is 11.0 Å². The molecule has 0 radical (unpaired) electrons. The number of rotatable bonds is 0. The lowest BCUT2D eigenvalue weighted by Gasteiger charge is -2.19. The Balaban J connectivity index is 2.48. The largest absolute Gasteiger partial charge is 0.443 e. The third-order valence-corrected chi connectivity index (χ3v) is 2.10. The molecule has 0 aliphatic rings. The van der Waals surface area contributed by atoms with Crippen molar-refractivity contribution in [3.8, 4) is 0 Å². The Morgan fingerprint density at radius 2 is 2.00 bits per heavy atom. The van der Waals surface area contributed by atoms with Crippen LogP contribution in [0.1, 0.15) is 20.8 Å². The molecule has 1 aromatic heterocycles. The van der Waals surface area contributed by atoms with Gasteiger partial charge in [0.25, 0.3) is 6.08 Å². The maximum absolute atomic E-state index is 13.6. The van der Waals surface area contributed by atoms with Gasteiger partial charge in [-0.2, -0.15) is 4.39 Å². The Morgan fingerprint density at radius 3 is 2.65 bits per heavy atom. The van der Waals surface area contributed by atoms with Crippen molar-refractivity contribution in [3.05, 3.63) is 30.3 Å². The number of ether oxygens (including phenoxy) is 1. The minimum Gasteiger partial charge on any atom is -0.443 e. The van der Waals surface area contributed by atoms with E-state index in [-0.39, 0.29) is 0 Å². The van der Waals surface area contributed by atoms with Gasteiger partial charge in [0.1, 0.15) is 5.60 Å². The summed E-state index contributed by atoms with van der Waals surface area (Å²) in [6.07, 6.45) is -1.62. The molecule has 1 heterocycles. The molecule has 0 fully saturated rings. The highest BCUT2D eigenvalue weighted by Crippen LogP contribution is 2.17. The number of halogens is 1. The molecule has 0 saturated heterocycles. The van der Waals surface area contributed by atoms with E-state index < -0.39 is 17.8 Å². The van der Waals surface area contributed by atoms with Crippen molar-refractivity contribution in [1.29, 1.82) is 0 Å². The van der Waals surface area contributed by atoms with Gasteiger partial charge >= 0.3 is 6.09 Å². The molecule has 2 rings (SSSR count). The molecule has 1 aromatic carbocycles. The number of hydrogen-bond acceptors (Lipinski definition) is 3. The van der Waals surface area contributed by atoms with Crippen LogP contribution in [0.5, 0.6) is 0 Å². The summed E-state index contributed by atoms with van der Waals surface area (Å²) < 4.78 is 19.5. The molecular weight excluding hydrogens is 223 g/mol. The SMILES string of the molecule is CC(C)(C)OC(=O)n1c(F)nc2ccccc21. The smallest absolute Gasteiger partial charge is 0.422 e. The van der Waals surface area contributed by atoms with Crippen molar-refractivity contribution in [1.82, 2.24) is 9.55 Å². The van der Waals surface area contributed by atoms with Gasteiger partial charge in [0.15, 0.2) is 0 Å². The summed E-state index contributed by atoms with van der Waals surface area (Å²) in [5.41, 5.74) is 0.157. The first kappa shape index (κ1) is 11.6. The first-order valence-electron chi connectivity index (χ1n) is 5.25. The summed E-state index contributed by atoms with van der Waals surface area (Å²) in [6.45, 7) is 5.17. The van der Waals surface area contributed by atoms with Gasteiger partial charge < -0.3 is 4.74 Å². The summed E-state index contributed by atoms with van der Waals surface area (Å²) in [7, 11) is 0. The van der Waals surface area contributed by atoms with E-state index in [0.717, 1.165) is 4.57 Å². The van der Waals surface area contributed by atoms with E-state index in [0.29, 0.717) is 11.0 Å². The molecule has 0 spiro atoms. The average molecular weight is 236 g/mol. The minimum atomic E-state index is -0.861. The lowest BCUT2D eigenvalue weighted by Crippen LogP contribution is -2.27. The first-order valence-corrected chi connectivity index (χ1v) is 5.25. The van der Waals surface area contributed by atoms with E-state index in [1.165, 1.54) is 0 Å². The van der Waals surface area contributed by atoms with E-state index in [4.69, 9.17) is 4.74 Å². The van der Waals surface area contributed by atoms with Gasteiger partial charge in [-0.05, 0) is 32.9 Å². The van der Waals surface area contributed by atoms with Gasteiger partial charge in [0.2, 0.25) is 0 Å². The van der Waals surface area contributed by atoms with Gasteiger partial charge in [-0.3, -0.25) is 0 Å². The second kappa shape index (κ2) is 3.84. The summed E-state index contributed by atoms with van der Waals surface area (Å²) in [5, 5.41) is 0. The number of benzene rings is 1. The Kier molecular flexibility index (Phi) is 2.61. The van der Waals surface area contributed by atoms with Crippen LogP contribution in [0, 0.1) is 6.08 Å². The van der Waals surface area contributed by atoms with Gasteiger partial charge in [-0.1, -0.05) is 12.1 Å². The van der Waals surface area contributed by atoms with Gasteiger partial charge in [0, 0.05) is 0 Å². The molecule has 0 bridgehead atoms. The van der Waals surface area contributed by atoms with Crippen LogP contribution in [-0.4, -0.2) is 21.2 Å². The molecule has 0 saturated carbocycles. The quantitative estimate of drug-likeness (QED) is 0.706. The van der Waals surface area contributed by atoms with Gasteiger partial charge in [-0.25, -0.2) is 14.3 Å². The molecule has 0 unspecified atom stereocenters. The predicted molar refractivity (Wildman–Crippen MR) is 61.3 cm³/mol. The Labute approximate surface area is 98.0 Å². The Morgan fingerprint density at radius 1 is 1.35 bits per heavy atom. The molecular formula is C12H13FN2O2. The number of hydrogen-bond donors (Lipinski definition) is 0. The van der Waals surface area contributed by atoms with Gasteiger partial charge in [0.05, 0.1) is 11.0 Å². The predicted octanol–water partition coefficient (Wildman–Crippen LogP) is 2.96. The lowest BCUT2D eigenvalue weighted by molar-refractivity contribution is 0.0524. The number of fused-ring (bicyclic) bond motifs is 1. The zero-order chi connectivity index (χ0) is 12.6. The molecule has 17 heavy (non-hydrogen) atoms. The molecule has 0 N–H and O–H groups in total. The standard InChI is InChI=1S/C12H13FN2O2/c1-12(2,3)17-11(16)15-9-7-5-4-6-8(9)14-10(15)13/h4-7H,1-3H3. The fourth-order valence-electron chi connectivity index (χ4n) is 1.48. The van der Waals surface area contributed by atoms with Crippen LogP contribution in [-0.2, 0) is 4.74 Å². The van der Waals surface area contributed by atoms with Crippen molar-refractivity contribution in [2.45, 2.75) is 26.4 Å². The van der Waals surface area contributed by atoms with Gasteiger partial charge in [-0.15, -0.1) is 0 Å². The Bertz CT molecular complexity index is 569. The number of para-hydroxylation sites is 2. The van der Waals surface area contributed by atoms with Crippen molar-refractivity contribution in [3.63, 3.8) is 0 Å².